The second-order valence-corrected chi connectivity index (χ2v) is 8.74. The van der Waals surface area contributed by atoms with Crippen molar-refractivity contribution >= 4 is 16.5 Å². The van der Waals surface area contributed by atoms with Gasteiger partial charge in [0.2, 0.25) is 10.0 Å². The Balaban J connectivity index is 0.000000659. The quantitative estimate of drug-likeness (QED) is 0.785. The van der Waals surface area contributed by atoms with Crippen molar-refractivity contribution in [3.8, 4) is 0 Å². The first kappa shape index (κ1) is 19.6. The van der Waals surface area contributed by atoms with Crippen LogP contribution in [0.2, 0.25) is 0 Å². The van der Waals surface area contributed by atoms with Crippen LogP contribution in [0.3, 0.4) is 0 Å². The molecule has 1 N–H and O–H groups in total. The number of nitrogens with zero attached hydrogens (tertiary/aromatic N) is 4. The summed E-state index contributed by atoms with van der Waals surface area (Å²) in [5.74, 6) is 2.06. The minimum absolute atomic E-state index is 0.250. The number of aromatic nitrogens is 3. The molecule has 1 aliphatic carbocycles. The fourth-order valence-corrected chi connectivity index (χ4v) is 5.29. The summed E-state index contributed by atoms with van der Waals surface area (Å²) in [4.78, 5) is 13.3. The highest BCUT2D eigenvalue weighted by atomic mass is 32.2. The molecule has 2 aromatic heterocycles. The van der Waals surface area contributed by atoms with Crippen LogP contribution in [-0.2, 0) is 34.8 Å². The van der Waals surface area contributed by atoms with Crippen molar-refractivity contribution in [2.24, 2.45) is 7.05 Å². The summed E-state index contributed by atoms with van der Waals surface area (Å²) in [7, 11) is -1.82. The average Bonchev–Trinajstić information content (AvgIpc) is 3.06. The number of rotatable bonds is 3. The van der Waals surface area contributed by atoms with Gasteiger partial charge in [0.25, 0.3) is 6.47 Å². The Labute approximate surface area is 158 Å². The summed E-state index contributed by atoms with van der Waals surface area (Å²) in [6.07, 6.45) is 4.04. The van der Waals surface area contributed by atoms with Gasteiger partial charge in [-0.15, -0.1) is 0 Å². The summed E-state index contributed by atoms with van der Waals surface area (Å²) < 4.78 is 35.1. The van der Waals surface area contributed by atoms with Gasteiger partial charge >= 0.3 is 0 Å². The number of hydrogen-bond acceptors (Lipinski definition) is 6. The third kappa shape index (κ3) is 3.51. The molecule has 27 heavy (non-hydrogen) atoms. The second kappa shape index (κ2) is 7.43. The minimum Gasteiger partial charge on any atom is -0.483 e. The van der Waals surface area contributed by atoms with E-state index in [2.05, 4.69) is 10.1 Å². The Morgan fingerprint density at radius 2 is 1.96 bits per heavy atom. The molecule has 0 spiro atoms. The molecule has 3 heterocycles. The molecule has 1 saturated carbocycles. The fourth-order valence-electron chi connectivity index (χ4n) is 3.49. The number of aryl methyl sites for hydroxylation is 2. The fraction of sp³-hybridized carbons (Fsp3) is 0.588. The van der Waals surface area contributed by atoms with Crippen molar-refractivity contribution < 1.29 is 22.7 Å². The molecule has 1 aliphatic heterocycles. The Morgan fingerprint density at radius 3 is 2.48 bits per heavy atom. The topological polar surface area (TPSA) is 119 Å². The molecule has 0 atom stereocenters. The number of carbonyl (C=O) groups is 1. The molecular weight excluding hydrogens is 372 g/mol. The molecule has 0 saturated heterocycles. The monoisotopic (exact) mass is 396 g/mol. The van der Waals surface area contributed by atoms with E-state index >= 15 is 0 Å². The van der Waals surface area contributed by atoms with Crippen LogP contribution in [0.5, 0.6) is 0 Å². The maximum Gasteiger partial charge on any atom is 0.290 e. The van der Waals surface area contributed by atoms with Crippen LogP contribution in [0.1, 0.15) is 53.9 Å². The first-order valence-electron chi connectivity index (χ1n) is 8.86. The van der Waals surface area contributed by atoms with Crippen molar-refractivity contribution in [2.75, 3.05) is 6.54 Å². The largest absolute Gasteiger partial charge is 0.483 e. The van der Waals surface area contributed by atoms with Gasteiger partial charge in [0.05, 0.1) is 23.6 Å². The van der Waals surface area contributed by atoms with Crippen LogP contribution < -0.4 is 0 Å². The predicted molar refractivity (Wildman–Crippen MR) is 95.8 cm³/mol. The van der Waals surface area contributed by atoms with Gasteiger partial charge in [0.15, 0.2) is 5.89 Å². The van der Waals surface area contributed by atoms with Gasteiger partial charge in [0, 0.05) is 25.9 Å². The molecule has 4 rings (SSSR count). The minimum atomic E-state index is -3.58. The molecule has 1 fully saturated rings. The highest BCUT2D eigenvalue weighted by molar-refractivity contribution is 7.89. The van der Waals surface area contributed by atoms with Gasteiger partial charge in [-0.25, -0.2) is 13.4 Å². The number of sulfonamides is 1. The summed E-state index contributed by atoms with van der Waals surface area (Å²) >= 11 is 0. The molecule has 9 nitrogen and oxygen atoms in total. The normalized spacial score (nSPS) is 17.6. The zero-order valence-electron chi connectivity index (χ0n) is 15.7. The second-order valence-electron chi connectivity index (χ2n) is 6.87. The van der Waals surface area contributed by atoms with E-state index in [1.54, 1.807) is 25.6 Å². The molecule has 0 aromatic carbocycles. The van der Waals surface area contributed by atoms with Crippen LogP contribution in [0.15, 0.2) is 9.31 Å². The number of hydrogen-bond donors (Lipinski definition) is 1. The van der Waals surface area contributed by atoms with Gasteiger partial charge in [-0.3, -0.25) is 9.48 Å². The van der Waals surface area contributed by atoms with Crippen molar-refractivity contribution in [3.05, 3.63) is 28.7 Å². The van der Waals surface area contributed by atoms with Crippen molar-refractivity contribution in [1.82, 2.24) is 19.1 Å². The number of oxazole rings is 1. The van der Waals surface area contributed by atoms with Crippen LogP contribution in [-0.4, -0.2) is 45.6 Å². The third-order valence-corrected chi connectivity index (χ3v) is 7.30. The molecule has 148 valence electrons. The first-order valence-corrected chi connectivity index (χ1v) is 10.3. The van der Waals surface area contributed by atoms with E-state index < -0.39 is 10.0 Å². The SMILES string of the molecule is Cc1nn(C)c(C)c1S(=O)(=O)N1CCc2oc(C3CCC3)nc2C1.O=CO. The number of carboxylic acid groups (broad SMARTS) is 1. The van der Waals surface area contributed by atoms with Crippen molar-refractivity contribution in [1.29, 1.82) is 0 Å². The molecule has 0 bridgehead atoms. The first-order chi connectivity index (χ1) is 12.8. The van der Waals surface area contributed by atoms with E-state index in [4.69, 9.17) is 14.3 Å². The van der Waals surface area contributed by atoms with Crippen LogP contribution in [0, 0.1) is 13.8 Å². The van der Waals surface area contributed by atoms with Gasteiger partial charge < -0.3 is 9.52 Å². The Bertz CT molecular complexity index is 943. The Morgan fingerprint density at radius 1 is 1.30 bits per heavy atom. The lowest BCUT2D eigenvalue weighted by molar-refractivity contribution is -0.122. The zero-order valence-corrected chi connectivity index (χ0v) is 16.5. The van der Waals surface area contributed by atoms with Gasteiger partial charge in [-0.1, -0.05) is 6.42 Å². The Kier molecular flexibility index (Phi) is 5.38. The summed E-state index contributed by atoms with van der Waals surface area (Å²) in [5.41, 5.74) is 1.97. The average molecular weight is 396 g/mol. The molecule has 0 unspecified atom stereocenters. The van der Waals surface area contributed by atoms with Gasteiger partial charge in [-0.2, -0.15) is 9.40 Å². The molecule has 0 radical (unpaired) electrons. The summed E-state index contributed by atoms with van der Waals surface area (Å²) in [6.45, 7) is 3.97. The summed E-state index contributed by atoms with van der Waals surface area (Å²) in [5, 5.41) is 11.1. The lowest BCUT2D eigenvalue weighted by Gasteiger charge is -2.24. The zero-order chi connectivity index (χ0) is 19.8. The van der Waals surface area contributed by atoms with E-state index in [0.717, 1.165) is 30.2 Å². The van der Waals surface area contributed by atoms with Crippen LogP contribution >= 0.6 is 0 Å². The van der Waals surface area contributed by atoms with Crippen LogP contribution in [0.4, 0.5) is 0 Å². The van der Waals surface area contributed by atoms with Crippen LogP contribution in [0.25, 0.3) is 0 Å². The van der Waals surface area contributed by atoms with E-state index in [1.807, 2.05) is 0 Å². The lowest BCUT2D eigenvalue weighted by atomic mass is 9.85. The standard InChI is InChI=1S/C16H22N4O3S.CH2O2/c1-10-15(11(2)19(3)18-10)24(21,22)20-8-7-14-13(9-20)17-16(23-14)12-5-4-6-12;2-1-3/h12H,4-9H2,1-3H3;1H,(H,2,3). The molecule has 10 heteroatoms. The van der Waals surface area contributed by atoms with E-state index in [9.17, 15) is 8.42 Å². The Hall–Kier alpha value is -2.20. The number of fused-ring (bicyclic) bond motifs is 1. The smallest absolute Gasteiger partial charge is 0.290 e. The maximum atomic E-state index is 13.1. The van der Waals surface area contributed by atoms with Crippen molar-refractivity contribution in [3.63, 3.8) is 0 Å². The van der Waals surface area contributed by atoms with E-state index in [1.165, 1.54) is 10.7 Å². The maximum absolute atomic E-state index is 13.1. The molecular formula is C17H24N4O5S. The molecule has 0 amide bonds. The molecule has 2 aromatic rings. The predicted octanol–water partition coefficient (Wildman–Crippen LogP) is 1.74. The summed E-state index contributed by atoms with van der Waals surface area (Å²) in [6, 6.07) is 0. The van der Waals surface area contributed by atoms with E-state index in [-0.39, 0.29) is 13.0 Å². The molecule has 2 aliphatic rings. The van der Waals surface area contributed by atoms with Gasteiger partial charge in [-0.05, 0) is 26.7 Å². The highest BCUT2D eigenvalue weighted by Gasteiger charge is 2.36. The van der Waals surface area contributed by atoms with Crippen molar-refractivity contribution in [2.45, 2.75) is 56.9 Å². The lowest BCUT2D eigenvalue weighted by Crippen LogP contribution is -2.36. The third-order valence-electron chi connectivity index (χ3n) is 5.20. The highest BCUT2D eigenvalue weighted by Crippen LogP contribution is 2.38. The van der Waals surface area contributed by atoms with E-state index in [0.29, 0.717) is 35.2 Å². The van der Waals surface area contributed by atoms with Gasteiger partial charge in [0.1, 0.15) is 10.7 Å².